The Labute approximate surface area is 84.1 Å². The van der Waals surface area contributed by atoms with Gasteiger partial charge < -0.3 is 9.72 Å². The smallest absolute Gasteiger partial charge is 0.238 e. The molecule has 0 amide bonds. The van der Waals surface area contributed by atoms with E-state index < -0.39 is 0 Å². The fourth-order valence-electron chi connectivity index (χ4n) is 1.32. The molecule has 2 aromatic heterocycles. The highest BCUT2D eigenvalue weighted by Crippen LogP contribution is 2.23. The van der Waals surface area contributed by atoms with Gasteiger partial charge in [0, 0.05) is 17.8 Å². The van der Waals surface area contributed by atoms with Gasteiger partial charge in [-0.15, -0.1) is 0 Å². The van der Waals surface area contributed by atoms with Crippen LogP contribution >= 0.6 is 0 Å². The highest BCUT2D eigenvalue weighted by atomic mass is 16.5. The maximum absolute atomic E-state index is 5.10. The number of aromatic nitrogens is 2. The van der Waals surface area contributed by atoms with Crippen molar-refractivity contribution in [2.24, 2.45) is 0 Å². The van der Waals surface area contributed by atoms with Crippen molar-refractivity contribution >= 4 is 10.9 Å². The summed E-state index contributed by atoms with van der Waals surface area (Å²) in [6, 6.07) is 1.98. The van der Waals surface area contributed by atoms with Crippen LogP contribution in [0.2, 0.25) is 0 Å². The Morgan fingerprint density at radius 1 is 1.36 bits per heavy atom. The van der Waals surface area contributed by atoms with Gasteiger partial charge in [-0.1, -0.05) is 13.8 Å². The molecule has 2 rings (SSSR count). The molecule has 2 aromatic rings. The van der Waals surface area contributed by atoms with E-state index in [-0.39, 0.29) is 0 Å². The molecule has 0 saturated carbocycles. The summed E-state index contributed by atoms with van der Waals surface area (Å²) in [5, 5.41) is 1.17. The number of nitrogens with zero attached hydrogens (tertiary/aromatic N) is 1. The Kier molecular flexibility index (Phi) is 3.51. The Hall–Kier alpha value is -1.51. The maximum atomic E-state index is 5.10. The molecule has 0 aliphatic rings. The van der Waals surface area contributed by atoms with Crippen LogP contribution in [0, 0.1) is 6.92 Å². The molecule has 2 heterocycles. The number of ether oxygens (including phenoxy) is 1. The summed E-state index contributed by atoms with van der Waals surface area (Å²) in [6.07, 6.45) is 3.71. The molecular weight excluding hydrogens is 176 g/mol. The maximum Gasteiger partial charge on any atom is 0.238 e. The predicted octanol–water partition coefficient (Wildman–Crippen LogP) is 2.91. The molecular formula is C11H16N2O. The Morgan fingerprint density at radius 3 is 2.71 bits per heavy atom. The lowest BCUT2D eigenvalue weighted by molar-refractivity contribution is 0.402. The first-order valence-corrected chi connectivity index (χ1v) is 4.79. The van der Waals surface area contributed by atoms with Gasteiger partial charge in [0.25, 0.3) is 0 Å². The number of aromatic amines is 1. The number of hydrogen-bond donors (Lipinski definition) is 1. The molecule has 76 valence electrons. The molecule has 0 aromatic carbocycles. The molecule has 0 radical (unpaired) electrons. The monoisotopic (exact) mass is 192 g/mol. The number of hydrogen-bond acceptors (Lipinski definition) is 2. The van der Waals surface area contributed by atoms with Gasteiger partial charge in [0.05, 0.1) is 7.11 Å². The van der Waals surface area contributed by atoms with E-state index in [0.717, 1.165) is 5.52 Å². The van der Waals surface area contributed by atoms with E-state index in [1.54, 1.807) is 13.3 Å². The summed E-state index contributed by atoms with van der Waals surface area (Å²) in [6.45, 7) is 6.05. The molecule has 1 N–H and O–H groups in total. The van der Waals surface area contributed by atoms with E-state index in [0.29, 0.717) is 5.88 Å². The molecule has 0 bridgehead atoms. The van der Waals surface area contributed by atoms with E-state index in [9.17, 15) is 0 Å². The van der Waals surface area contributed by atoms with Gasteiger partial charge >= 0.3 is 0 Å². The minimum atomic E-state index is 0.653. The quantitative estimate of drug-likeness (QED) is 0.754. The molecule has 0 unspecified atom stereocenters. The van der Waals surface area contributed by atoms with Gasteiger partial charge in [0.15, 0.2) is 0 Å². The van der Waals surface area contributed by atoms with Crippen LogP contribution < -0.4 is 4.74 Å². The number of rotatable bonds is 1. The van der Waals surface area contributed by atoms with Crippen LogP contribution in [0.4, 0.5) is 0 Å². The average Bonchev–Trinajstić information content (AvgIpc) is 2.64. The van der Waals surface area contributed by atoms with Crippen LogP contribution in [0.3, 0.4) is 0 Å². The third-order valence-electron chi connectivity index (χ3n) is 1.97. The molecule has 0 spiro atoms. The van der Waals surface area contributed by atoms with Crippen molar-refractivity contribution in [3.63, 3.8) is 0 Å². The zero-order valence-electron chi connectivity index (χ0n) is 9.09. The molecule has 0 aliphatic carbocycles. The van der Waals surface area contributed by atoms with Crippen molar-refractivity contribution in [3.8, 4) is 5.88 Å². The lowest BCUT2D eigenvalue weighted by atomic mass is 10.2. The van der Waals surface area contributed by atoms with Crippen molar-refractivity contribution in [2.45, 2.75) is 20.8 Å². The lowest BCUT2D eigenvalue weighted by Gasteiger charge is -1.98. The number of pyridine rings is 1. The summed E-state index contributed by atoms with van der Waals surface area (Å²) >= 11 is 0. The Balaban J connectivity index is 0.000000461. The average molecular weight is 192 g/mol. The minimum Gasteiger partial charge on any atom is -0.479 e. The van der Waals surface area contributed by atoms with E-state index in [1.165, 1.54) is 10.9 Å². The van der Waals surface area contributed by atoms with Crippen LogP contribution in [-0.2, 0) is 0 Å². The topological polar surface area (TPSA) is 37.9 Å². The van der Waals surface area contributed by atoms with Crippen LogP contribution in [0.1, 0.15) is 19.4 Å². The Bertz CT molecular complexity index is 407. The number of methoxy groups -OCH3 is 1. The zero-order chi connectivity index (χ0) is 10.6. The van der Waals surface area contributed by atoms with Crippen LogP contribution in [0.5, 0.6) is 5.88 Å². The number of H-pyrrole nitrogens is 1. The van der Waals surface area contributed by atoms with Crippen molar-refractivity contribution in [1.29, 1.82) is 0 Å². The van der Waals surface area contributed by atoms with Gasteiger partial charge in [-0.05, 0) is 18.6 Å². The fourth-order valence-corrected chi connectivity index (χ4v) is 1.32. The Morgan fingerprint density at radius 2 is 2.07 bits per heavy atom. The molecule has 3 nitrogen and oxygen atoms in total. The minimum absolute atomic E-state index is 0.653. The third-order valence-corrected chi connectivity index (χ3v) is 1.97. The normalized spacial score (nSPS) is 9.43. The first-order valence-electron chi connectivity index (χ1n) is 4.79. The summed E-state index contributed by atoms with van der Waals surface area (Å²) in [5.41, 5.74) is 2.18. The molecule has 14 heavy (non-hydrogen) atoms. The van der Waals surface area contributed by atoms with Crippen LogP contribution in [0.15, 0.2) is 18.5 Å². The lowest BCUT2D eigenvalue weighted by Crippen LogP contribution is -1.87. The van der Waals surface area contributed by atoms with Crippen molar-refractivity contribution in [2.75, 3.05) is 7.11 Å². The van der Waals surface area contributed by atoms with E-state index >= 15 is 0 Å². The number of nitrogens with one attached hydrogen (secondary N) is 1. The second kappa shape index (κ2) is 4.65. The van der Waals surface area contributed by atoms with Gasteiger partial charge in [-0.25, -0.2) is 4.98 Å². The second-order valence-corrected chi connectivity index (χ2v) is 2.71. The summed E-state index contributed by atoms with van der Waals surface area (Å²) in [4.78, 5) is 7.21. The highest BCUT2D eigenvalue weighted by molar-refractivity contribution is 5.86. The van der Waals surface area contributed by atoms with Crippen LogP contribution in [-0.4, -0.2) is 17.1 Å². The first-order chi connectivity index (χ1) is 6.83. The number of aryl methyl sites for hydroxylation is 1. The van der Waals surface area contributed by atoms with Crippen LogP contribution in [0.25, 0.3) is 10.9 Å². The fraction of sp³-hybridized carbons (Fsp3) is 0.364. The zero-order valence-corrected chi connectivity index (χ0v) is 9.09. The van der Waals surface area contributed by atoms with Crippen molar-refractivity contribution in [3.05, 3.63) is 24.0 Å². The van der Waals surface area contributed by atoms with E-state index in [2.05, 4.69) is 16.9 Å². The van der Waals surface area contributed by atoms with Gasteiger partial charge in [-0.3, -0.25) is 0 Å². The van der Waals surface area contributed by atoms with E-state index in [4.69, 9.17) is 4.74 Å². The van der Waals surface area contributed by atoms with Gasteiger partial charge in [0.1, 0.15) is 5.52 Å². The highest BCUT2D eigenvalue weighted by Gasteiger charge is 2.04. The molecule has 0 aliphatic heterocycles. The molecule has 0 saturated heterocycles. The summed E-state index contributed by atoms with van der Waals surface area (Å²) in [7, 11) is 1.62. The molecule has 0 fully saturated rings. The SMILES string of the molecule is CC.COc1nccc2c(C)c[nH]c12. The van der Waals surface area contributed by atoms with Gasteiger partial charge in [-0.2, -0.15) is 0 Å². The standard InChI is InChI=1S/C9H10N2O.C2H6/c1-6-5-11-8-7(6)3-4-10-9(8)12-2;1-2/h3-5,11H,1-2H3;1-2H3. The first kappa shape index (κ1) is 10.6. The predicted molar refractivity (Wildman–Crippen MR) is 58.7 cm³/mol. The molecule has 0 atom stereocenters. The molecule has 3 heteroatoms. The summed E-state index contributed by atoms with van der Waals surface area (Å²) in [5.74, 6) is 0.653. The second-order valence-electron chi connectivity index (χ2n) is 2.71. The van der Waals surface area contributed by atoms with Crippen molar-refractivity contribution in [1.82, 2.24) is 9.97 Å². The van der Waals surface area contributed by atoms with Crippen molar-refractivity contribution < 1.29 is 4.74 Å². The summed E-state index contributed by atoms with van der Waals surface area (Å²) < 4.78 is 5.10. The van der Waals surface area contributed by atoms with Gasteiger partial charge in [0.2, 0.25) is 5.88 Å². The number of fused-ring (bicyclic) bond motifs is 1. The van der Waals surface area contributed by atoms with E-state index in [1.807, 2.05) is 26.1 Å². The third kappa shape index (κ3) is 1.71. The largest absolute Gasteiger partial charge is 0.479 e.